The molecule has 1 atom stereocenters. The number of carbonyl (C=O) groups excluding carboxylic acids is 1. The fraction of sp³-hybridized carbons (Fsp3) is 0.632. The highest BCUT2D eigenvalue weighted by Gasteiger charge is 2.30. The number of hydrogen-bond acceptors (Lipinski definition) is 1. The molecule has 6 heteroatoms. The van der Waals surface area contributed by atoms with Gasteiger partial charge in [0.2, 0.25) is 0 Å². The van der Waals surface area contributed by atoms with E-state index >= 15 is 0 Å². The summed E-state index contributed by atoms with van der Waals surface area (Å²) in [5, 5.41) is 3.08. The van der Waals surface area contributed by atoms with Gasteiger partial charge in [-0.25, -0.2) is 4.79 Å². The van der Waals surface area contributed by atoms with Crippen molar-refractivity contribution in [2.75, 3.05) is 6.54 Å². The lowest BCUT2D eigenvalue weighted by Crippen LogP contribution is -2.49. The number of amides is 2. The summed E-state index contributed by atoms with van der Waals surface area (Å²) in [4.78, 5) is 14.2. The van der Waals surface area contributed by atoms with Crippen LogP contribution in [0.5, 0.6) is 0 Å². The van der Waals surface area contributed by atoms with Crippen LogP contribution in [0, 0.1) is 0 Å². The minimum absolute atomic E-state index is 0.117. The highest BCUT2D eigenvalue weighted by molar-refractivity contribution is 5.74. The third kappa shape index (κ3) is 5.65. The summed E-state index contributed by atoms with van der Waals surface area (Å²) in [6.07, 6.45) is 1.55. The molecular formula is C19H27F3N2O. The second-order valence-corrected chi connectivity index (χ2v) is 6.82. The first-order valence-corrected chi connectivity index (χ1v) is 9.04. The summed E-state index contributed by atoms with van der Waals surface area (Å²) in [5.74, 6) is 0. The molecule has 0 spiro atoms. The van der Waals surface area contributed by atoms with E-state index in [2.05, 4.69) is 5.32 Å². The Hall–Kier alpha value is -1.72. The van der Waals surface area contributed by atoms with Crippen LogP contribution < -0.4 is 5.32 Å². The molecule has 1 saturated carbocycles. The van der Waals surface area contributed by atoms with E-state index in [0.717, 1.165) is 31.7 Å². The minimum Gasteiger partial charge on any atom is -0.335 e. The maximum atomic E-state index is 12.8. The number of alkyl halides is 3. The molecule has 0 saturated heterocycles. The van der Waals surface area contributed by atoms with Crippen molar-refractivity contribution >= 4 is 6.03 Å². The number of benzene rings is 1. The zero-order valence-electron chi connectivity index (χ0n) is 14.9. The molecule has 1 fully saturated rings. The van der Waals surface area contributed by atoms with E-state index in [9.17, 15) is 18.0 Å². The number of nitrogens with zero attached hydrogens (tertiary/aromatic N) is 1. The standard InChI is InChI=1S/C19H27F3N2O/c1-3-24(18(25)23-17-10-5-4-6-11-17)14(2)12-15-8-7-9-16(13-15)19(20,21)22/h7-9,13-14,17H,3-6,10-12H2,1-2H3,(H,23,25)/t14-/m1/s1. The molecule has 0 heterocycles. The first-order chi connectivity index (χ1) is 11.8. The number of likely N-dealkylation sites (N-methyl/N-ethyl adjacent to an activating group) is 1. The largest absolute Gasteiger partial charge is 0.416 e. The van der Waals surface area contributed by atoms with Crippen molar-refractivity contribution in [2.24, 2.45) is 0 Å². The lowest BCUT2D eigenvalue weighted by molar-refractivity contribution is -0.137. The first kappa shape index (κ1) is 19.6. The van der Waals surface area contributed by atoms with Crippen LogP contribution in [0.1, 0.15) is 57.1 Å². The minimum atomic E-state index is -4.35. The lowest BCUT2D eigenvalue weighted by atomic mass is 9.95. The van der Waals surface area contributed by atoms with Gasteiger partial charge in [-0.15, -0.1) is 0 Å². The second kappa shape index (κ2) is 8.59. The third-order valence-electron chi connectivity index (χ3n) is 4.85. The normalized spacial score (nSPS) is 17.2. The van der Waals surface area contributed by atoms with Crippen molar-refractivity contribution in [3.05, 3.63) is 35.4 Å². The molecule has 1 aliphatic rings. The van der Waals surface area contributed by atoms with Crippen LogP contribution in [-0.2, 0) is 12.6 Å². The van der Waals surface area contributed by atoms with Crippen LogP contribution in [0.3, 0.4) is 0 Å². The van der Waals surface area contributed by atoms with Gasteiger partial charge in [-0.1, -0.05) is 37.5 Å². The zero-order chi connectivity index (χ0) is 18.4. The molecule has 0 aliphatic heterocycles. The summed E-state index contributed by atoms with van der Waals surface area (Å²) in [6, 6.07) is 5.27. The number of carbonyl (C=O) groups is 1. The number of nitrogens with one attached hydrogen (secondary N) is 1. The average molecular weight is 356 g/mol. The summed E-state index contributed by atoms with van der Waals surface area (Å²) in [7, 11) is 0. The monoisotopic (exact) mass is 356 g/mol. The number of rotatable bonds is 5. The molecule has 0 radical (unpaired) electrons. The van der Waals surface area contributed by atoms with E-state index < -0.39 is 11.7 Å². The Kier molecular flexibility index (Phi) is 6.73. The van der Waals surface area contributed by atoms with Gasteiger partial charge in [-0.2, -0.15) is 13.2 Å². The van der Waals surface area contributed by atoms with E-state index in [0.29, 0.717) is 18.5 Å². The number of halogens is 3. The average Bonchev–Trinajstić information content (AvgIpc) is 2.56. The smallest absolute Gasteiger partial charge is 0.335 e. The molecule has 1 aliphatic carbocycles. The van der Waals surface area contributed by atoms with Crippen LogP contribution >= 0.6 is 0 Å². The van der Waals surface area contributed by atoms with Crippen LogP contribution in [0.2, 0.25) is 0 Å². The number of hydrogen-bond donors (Lipinski definition) is 1. The summed E-state index contributed by atoms with van der Waals surface area (Å²) < 4.78 is 38.5. The Balaban J connectivity index is 1.99. The maximum Gasteiger partial charge on any atom is 0.416 e. The van der Waals surface area contributed by atoms with E-state index in [4.69, 9.17) is 0 Å². The Labute approximate surface area is 147 Å². The quantitative estimate of drug-likeness (QED) is 0.791. The molecule has 3 nitrogen and oxygen atoms in total. The van der Waals surface area contributed by atoms with Crippen molar-refractivity contribution in [1.29, 1.82) is 0 Å². The predicted octanol–water partition coefficient (Wildman–Crippen LogP) is 5.00. The van der Waals surface area contributed by atoms with E-state index in [1.54, 1.807) is 11.0 Å². The zero-order valence-corrected chi connectivity index (χ0v) is 14.9. The molecule has 0 bridgehead atoms. The second-order valence-electron chi connectivity index (χ2n) is 6.82. The molecule has 2 amide bonds. The van der Waals surface area contributed by atoms with Gasteiger partial charge in [0.25, 0.3) is 0 Å². The highest BCUT2D eigenvalue weighted by Crippen LogP contribution is 2.30. The summed E-state index contributed by atoms with van der Waals surface area (Å²) in [5.41, 5.74) is -0.0573. The van der Waals surface area contributed by atoms with Gasteiger partial charge in [0.05, 0.1) is 5.56 Å². The summed E-state index contributed by atoms with van der Waals surface area (Å²) in [6.45, 7) is 4.30. The van der Waals surface area contributed by atoms with Crippen molar-refractivity contribution in [3.63, 3.8) is 0 Å². The van der Waals surface area contributed by atoms with Gasteiger partial charge >= 0.3 is 12.2 Å². The van der Waals surface area contributed by atoms with Crippen molar-refractivity contribution in [3.8, 4) is 0 Å². The van der Waals surface area contributed by atoms with Crippen molar-refractivity contribution < 1.29 is 18.0 Å². The van der Waals surface area contributed by atoms with Gasteiger partial charge in [0.1, 0.15) is 0 Å². The first-order valence-electron chi connectivity index (χ1n) is 9.04. The molecule has 25 heavy (non-hydrogen) atoms. The molecule has 0 unspecified atom stereocenters. The highest BCUT2D eigenvalue weighted by atomic mass is 19.4. The van der Waals surface area contributed by atoms with Gasteiger partial charge < -0.3 is 10.2 Å². The molecule has 1 N–H and O–H groups in total. The number of urea groups is 1. The van der Waals surface area contributed by atoms with E-state index in [-0.39, 0.29) is 18.1 Å². The van der Waals surface area contributed by atoms with E-state index in [1.807, 2.05) is 13.8 Å². The summed E-state index contributed by atoms with van der Waals surface area (Å²) >= 11 is 0. The predicted molar refractivity (Wildman–Crippen MR) is 92.4 cm³/mol. The Morgan fingerprint density at radius 3 is 2.56 bits per heavy atom. The molecule has 2 rings (SSSR count). The van der Waals surface area contributed by atoms with E-state index in [1.165, 1.54) is 18.6 Å². The Morgan fingerprint density at radius 2 is 1.96 bits per heavy atom. The molecule has 1 aromatic carbocycles. The Morgan fingerprint density at radius 1 is 1.28 bits per heavy atom. The lowest BCUT2D eigenvalue weighted by Gasteiger charge is -2.31. The van der Waals surface area contributed by atoms with Gasteiger partial charge in [0, 0.05) is 18.6 Å². The fourth-order valence-electron chi connectivity index (χ4n) is 3.49. The van der Waals surface area contributed by atoms with Gasteiger partial charge in [0.15, 0.2) is 0 Å². The fourth-order valence-corrected chi connectivity index (χ4v) is 3.49. The molecule has 0 aromatic heterocycles. The van der Waals surface area contributed by atoms with Crippen LogP contribution in [0.25, 0.3) is 0 Å². The molecule has 140 valence electrons. The van der Waals surface area contributed by atoms with Crippen molar-refractivity contribution in [2.45, 2.75) is 70.6 Å². The van der Waals surface area contributed by atoms with Crippen LogP contribution in [0.15, 0.2) is 24.3 Å². The van der Waals surface area contributed by atoms with Crippen molar-refractivity contribution in [1.82, 2.24) is 10.2 Å². The molecule has 1 aromatic rings. The van der Waals surface area contributed by atoms with Gasteiger partial charge in [-0.3, -0.25) is 0 Å². The topological polar surface area (TPSA) is 32.3 Å². The third-order valence-corrected chi connectivity index (χ3v) is 4.85. The van der Waals surface area contributed by atoms with Gasteiger partial charge in [-0.05, 0) is 44.7 Å². The van der Waals surface area contributed by atoms with Crippen LogP contribution in [0.4, 0.5) is 18.0 Å². The van der Waals surface area contributed by atoms with Crippen LogP contribution in [-0.4, -0.2) is 29.6 Å². The molecular weight excluding hydrogens is 329 g/mol. The maximum absolute atomic E-state index is 12.8. The SMILES string of the molecule is CCN(C(=O)NC1CCCCC1)[C@H](C)Cc1cccc(C(F)(F)F)c1. The Bertz CT molecular complexity index is 568.